The van der Waals surface area contributed by atoms with E-state index in [9.17, 15) is 9.59 Å². The van der Waals surface area contributed by atoms with E-state index >= 15 is 0 Å². The summed E-state index contributed by atoms with van der Waals surface area (Å²) in [6.07, 6.45) is 1.25. The van der Waals surface area contributed by atoms with Crippen LogP contribution in [0.4, 0.5) is 10.5 Å². The number of H-pyrrole nitrogens is 1. The topological polar surface area (TPSA) is 146 Å². The van der Waals surface area contributed by atoms with Crippen LogP contribution in [0.5, 0.6) is 0 Å². The Labute approximate surface area is 112 Å². The highest BCUT2D eigenvalue weighted by Crippen LogP contribution is 2.08. The van der Waals surface area contributed by atoms with Gasteiger partial charge in [-0.1, -0.05) is 5.21 Å². The molecule has 20 heavy (non-hydrogen) atoms. The fourth-order valence-electron chi connectivity index (χ4n) is 1.38. The highest BCUT2D eigenvalue weighted by molar-refractivity contribution is 5.90. The molecule has 0 fully saturated rings. The summed E-state index contributed by atoms with van der Waals surface area (Å²) in [7, 11) is 0. The van der Waals surface area contributed by atoms with Crippen LogP contribution in [0.2, 0.25) is 0 Å². The predicted octanol–water partition coefficient (Wildman–Crippen LogP) is 0.176. The molecule has 1 unspecified atom stereocenters. The minimum absolute atomic E-state index is 0.101. The maximum Gasteiger partial charge on any atom is 0.354 e. The first-order valence-corrected chi connectivity index (χ1v) is 5.56. The van der Waals surface area contributed by atoms with Gasteiger partial charge in [-0.3, -0.25) is 0 Å². The lowest BCUT2D eigenvalue weighted by atomic mass is 10.3. The van der Waals surface area contributed by atoms with Gasteiger partial charge >= 0.3 is 12.0 Å². The largest absolute Gasteiger partial charge is 0.477 e. The first kappa shape index (κ1) is 13.4. The molecule has 0 saturated carbocycles. The Morgan fingerprint density at radius 1 is 1.40 bits per heavy atom. The Bertz CT molecular complexity index is 596. The Hall–Kier alpha value is -3.04. The molecule has 2 aromatic heterocycles. The highest BCUT2D eigenvalue weighted by atomic mass is 16.4. The van der Waals surface area contributed by atoms with Gasteiger partial charge in [0.1, 0.15) is 5.69 Å². The second-order valence-electron chi connectivity index (χ2n) is 3.83. The third kappa shape index (κ3) is 3.25. The number of carboxylic acid groups (broad SMARTS) is 1. The first-order valence-electron chi connectivity index (χ1n) is 5.56. The molecule has 10 heteroatoms. The van der Waals surface area contributed by atoms with Crippen LogP contribution < -0.4 is 10.6 Å². The highest BCUT2D eigenvalue weighted by Gasteiger charge is 2.13. The number of aromatic amines is 1. The normalized spacial score (nSPS) is 11.7. The third-order valence-corrected chi connectivity index (χ3v) is 2.34. The van der Waals surface area contributed by atoms with E-state index in [1.54, 1.807) is 6.92 Å². The molecular formula is C10H11N7O3. The molecule has 2 rings (SSSR count). The average Bonchev–Trinajstić information content (AvgIpc) is 2.93. The molecule has 0 bridgehead atoms. The minimum atomic E-state index is -1.13. The number of aromatic carboxylic acids is 1. The summed E-state index contributed by atoms with van der Waals surface area (Å²) in [6.45, 7) is 1.69. The van der Waals surface area contributed by atoms with Crippen LogP contribution in [-0.2, 0) is 0 Å². The molecule has 1 atom stereocenters. The predicted molar refractivity (Wildman–Crippen MR) is 65.9 cm³/mol. The number of nitrogens with zero attached hydrogens (tertiary/aromatic N) is 4. The molecule has 10 nitrogen and oxygen atoms in total. The number of tetrazole rings is 1. The number of hydrogen-bond acceptors (Lipinski definition) is 6. The van der Waals surface area contributed by atoms with Crippen LogP contribution in [0.3, 0.4) is 0 Å². The molecule has 0 aliphatic carbocycles. The Balaban J connectivity index is 1.92. The molecule has 2 amide bonds. The standard InChI is InChI=1S/C10H11N7O3/c1-5(8-14-16-17-15-8)12-10(20)13-6-2-3-7(9(18)19)11-4-6/h2-5H,1H3,(H,18,19)(H2,12,13,20)(H,14,15,16,17). The monoisotopic (exact) mass is 277 g/mol. The molecule has 0 aliphatic heterocycles. The number of anilines is 1. The number of aromatic nitrogens is 5. The van der Waals surface area contributed by atoms with E-state index in [2.05, 4.69) is 36.2 Å². The van der Waals surface area contributed by atoms with Crippen molar-refractivity contribution in [3.8, 4) is 0 Å². The lowest BCUT2D eigenvalue weighted by molar-refractivity contribution is 0.0690. The van der Waals surface area contributed by atoms with Gasteiger partial charge in [0.05, 0.1) is 17.9 Å². The molecule has 2 heterocycles. The van der Waals surface area contributed by atoms with Gasteiger partial charge in [-0.2, -0.15) is 5.21 Å². The minimum Gasteiger partial charge on any atom is -0.477 e. The molecular weight excluding hydrogens is 266 g/mol. The summed E-state index contributed by atoms with van der Waals surface area (Å²) in [4.78, 5) is 26.0. The SMILES string of the molecule is CC(NC(=O)Nc1ccc(C(=O)O)nc1)c1nn[nH]n1. The maximum atomic E-state index is 11.7. The van der Waals surface area contributed by atoms with Crippen molar-refractivity contribution in [1.29, 1.82) is 0 Å². The second kappa shape index (κ2) is 5.73. The van der Waals surface area contributed by atoms with Crippen LogP contribution in [0.15, 0.2) is 18.3 Å². The van der Waals surface area contributed by atoms with Crippen molar-refractivity contribution in [3.63, 3.8) is 0 Å². The van der Waals surface area contributed by atoms with Crippen LogP contribution in [-0.4, -0.2) is 42.7 Å². The average molecular weight is 277 g/mol. The fraction of sp³-hybridized carbons (Fsp3) is 0.200. The van der Waals surface area contributed by atoms with Crippen LogP contribution >= 0.6 is 0 Å². The van der Waals surface area contributed by atoms with Crippen LogP contribution in [0.1, 0.15) is 29.3 Å². The number of carbonyl (C=O) groups excluding carboxylic acids is 1. The smallest absolute Gasteiger partial charge is 0.354 e. The van der Waals surface area contributed by atoms with E-state index < -0.39 is 18.0 Å². The first-order chi connectivity index (χ1) is 9.56. The van der Waals surface area contributed by atoms with Crippen molar-refractivity contribution in [3.05, 3.63) is 29.8 Å². The molecule has 104 valence electrons. The van der Waals surface area contributed by atoms with Crippen LogP contribution in [0.25, 0.3) is 0 Å². The summed E-state index contributed by atoms with van der Waals surface area (Å²) in [5.74, 6) is -0.786. The number of carbonyl (C=O) groups is 2. The zero-order valence-corrected chi connectivity index (χ0v) is 10.4. The summed E-state index contributed by atoms with van der Waals surface area (Å²) in [6, 6.07) is 1.81. The van der Waals surface area contributed by atoms with Gasteiger partial charge in [0, 0.05) is 0 Å². The van der Waals surface area contributed by atoms with Gasteiger partial charge in [-0.15, -0.1) is 10.2 Å². The van der Waals surface area contributed by atoms with E-state index in [1.807, 2.05) is 0 Å². The van der Waals surface area contributed by atoms with Crippen molar-refractivity contribution in [2.24, 2.45) is 0 Å². The summed E-state index contributed by atoms with van der Waals surface area (Å²) in [5.41, 5.74) is 0.268. The summed E-state index contributed by atoms with van der Waals surface area (Å²) in [5, 5.41) is 26.9. The van der Waals surface area contributed by atoms with Gasteiger partial charge in [-0.25, -0.2) is 14.6 Å². The van der Waals surface area contributed by atoms with E-state index in [0.29, 0.717) is 11.5 Å². The van der Waals surface area contributed by atoms with Crippen molar-refractivity contribution < 1.29 is 14.7 Å². The summed E-state index contributed by atoms with van der Waals surface area (Å²) >= 11 is 0. The zero-order valence-electron chi connectivity index (χ0n) is 10.4. The Morgan fingerprint density at radius 2 is 2.20 bits per heavy atom. The molecule has 0 saturated heterocycles. The van der Waals surface area contributed by atoms with Gasteiger partial charge in [-0.05, 0) is 19.1 Å². The van der Waals surface area contributed by atoms with Gasteiger partial charge in [0.15, 0.2) is 5.82 Å². The molecule has 4 N–H and O–H groups in total. The maximum absolute atomic E-state index is 11.7. The van der Waals surface area contributed by atoms with E-state index in [4.69, 9.17) is 5.11 Å². The van der Waals surface area contributed by atoms with Crippen molar-refractivity contribution in [2.45, 2.75) is 13.0 Å². The molecule has 0 spiro atoms. The second-order valence-corrected chi connectivity index (χ2v) is 3.83. The quantitative estimate of drug-likeness (QED) is 0.623. The fourth-order valence-corrected chi connectivity index (χ4v) is 1.38. The third-order valence-electron chi connectivity index (χ3n) is 2.34. The van der Waals surface area contributed by atoms with E-state index in [0.717, 1.165) is 0 Å². The number of amides is 2. The molecule has 2 aromatic rings. The van der Waals surface area contributed by atoms with Gasteiger partial charge < -0.3 is 15.7 Å². The number of nitrogens with one attached hydrogen (secondary N) is 3. The Kier molecular flexibility index (Phi) is 3.84. The zero-order chi connectivity index (χ0) is 14.5. The van der Waals surface area contributed by atoms with Crippen molar-refractivity contribution in [2.75, 3.05) is 5.32 Å². The Morgan fingerprint density at radius 3 is 2.75 bits per heavy atom. The van der Waals surface area contributed by atoms with Crippen molar-refractivity contribution >= 4 is 17.7 Å². The van der Waals surface area contributed by atoms with Crippen LogP contribution in [0, 0.1) is 0 Å². The number of hydrogen-bond donors (Lipinski definition) is 4. The van der Waals surface area contributed by atoms with E-state index in [-0.39, 0.29) is 5.69 Å². The molecule has 0 aliphatic rings. The molecule has 0 aromatic carbocycles. The van der Waals surface area contributed by atoms with Crippen molar-refractivity contribution in [1.82, 2.24) is 30.9 Å². The number of pyridine rings is 1. The number of urea groups is 1. The van der Waals surface area contributed by atoms with Gasteiger partial charge in [0.25, 0.3) is 0 Å². The van der Waals surface area contributed by atoms with Gasteiger partial charge in [0.2, 0.25) is 0 Å². The summed E-state index contributed by atoms with van der Waals surface area (Å²) < 4.78 is 0. The lowest BCUT2D eigenvalue weighted by Crippen LogP contribution is -2.31. The number of carboxylic acids is 1. The van der Waals surface area contributed by atoms with E-state index in [1.165, 1.54) is 18.3 Å². The number of rotatable bonds is 4. The molecule has 0 radical (unpaired) electrons. The lowest BCUT2D eigenvalue weighted by Gasteiger charge is -2.11.